The molecule has 2 aromatic carbocycles. The van der Waals surface area contributed by atoms with Crippen LogP contribution in [-0.2, 0) is 0 Å². The van der Waals surface area contributed by atoms with Gasteiger partial charge in [-0.05, 0) is 42.8 Å². The van der Waals surface area contributed by atoms with Gasteiger partial charge < -0.3 is 5.32 Å². The molecule has 0 fully saturated rings. The Morgan fingerprint density at radius 2 is 2.00 bits per heavy atom. The lowest BCUT2D eigenvalue weighted by atomic mass is 10.1. The molecular formula is C14H10BrClFNO. The molecule has 0 saturated carbocycles. The second-order valence-corrected chi connectivity index (χ2v) is 5.30. The molecule has 0 atom stereocenters. The quantitative estimate of drug-likeness (QED) is 0.834. The molecule has 98 valence electrons. The molecular weight excluding hydrogens is 333 g/mol. The highest BCUT2D eigenvalue weighted by Gasteiger charge is 2.10. The first kappa shape index (κ1) is 14.0. The third kappa shape index (κ3) is 3.33. The van der Waals surface area contributed by atoms with Crippen molar-refractivity contribution < 1.29 is 9.18 Å². The number of carbonyl (C=O) groups excluding carboxylic acids is 1. The highest BCUT2D eigenvalue weighted by Crippen LogP contribution is 2.24. The van der Waals surface area contributed by atoms with Crippen molar-refractivity contribution in [1.29, 1.82) is 0 Å². The second kappa shape index (κ2) is 5.72. The average molecular weight is 343 g/mol. The Balaban J connectivity index is 2.25. The number of benzene rings is 2. The first-order valence-corrected chi connectivity index (χ1v) is 6.67. The lowest BCUT2D eigenvalue weighted by Crippen LogP contribution is -2.12. The largest absolute Gasteiger partial charge is 0.321 e. The number of nitrogens with one attached hydrogen (secondary N) is 1. The maximum atomic E-state index is 13.1. The van der Waals surface area contributed by atoms with Gasteiger partial charge in [-0.15, -0.1) is 0 Å². The van der Waals surface area contributed by atoms with Crippen molar-refractivity contribution in [2.75, 3.05) is 5.32 Å². The molecule has 0 aliphatic carbocycles. The Labute approximate surface area is 123 Å². The SMILES string of the molecule is Cc1ccc(C(=O)Nc2cc(F)ccc2Cl)cc1Br. The maximum Gasteiger partial charge on any atom is 0.255 e. The van der Waals surface area contributed by atoms with Crippen molar-refractivity contribution in [3.8, 4) is 0 Å². The summed E-state index contributed by atoms with van der Waals surface area (Å²) in [5.74, 6) is -0.794. The number of carbonyl (C=O) groups is 1. The summed E-state index contributed by atoms with van der Waals surface area (Å²) >= 11 is 9.25. The molecule has 0 radical (unpaired) electrons. The number of hydrogen-bond donors (Lipinski definition) is 1. The van der Waals surface area contributed by atoms with E-state index in [1.807, 2.05) is 13.0 Å². The van der Waals surface area contributed by atoms with E-state index in [0.29, 0.717) is 10.6 Å². The van der Waals surface area contributed by atoms with Crippen molar-refractivity contribution in [2.24, 2.45) is 0 Å². The van der Waals surface area contributed by atoms with Gasteiger partial charge in [0.15, 0.2) is 0 Å². The van der Waals surface area contributed by atoms with Gasteiger partial charge >= 0.3 is 0 Å². The molecule has 1 amide bonds. The fraction of sp³-hybridized carbons (Fsp3) is 0.0714. The van der Waals surface area contributed by atoms with Gasteiger partial charge in [-0.2, -0.15) is 0 Å². The van der Waals surface area contributed by atoms with E-state index < -0.39 is 5.82 Å². The summed E-state index contributed by atoms with van der Waals surface area (Å²) in [5, 5.41) is 2.87. The van der Waals surface area contributed by atoms with Gasteiger partial charge in [0.25, 0.3) is 5.91 Å². The van der Waals surface area contributed by atoms with Crippen LogP contribution in [0.15, 0.2) is 40.9 Å². The molecule has 5 heteroatoms. The molecule has 0 bridgehead atoms. The molecule has 0 saturated heterocycles. The lowest BCUT2D eigenvalue weighted by Gasteiger charge is -2.08. The third-order valence-electron chi connectivity index (χ3n) is 2.61. The van der Waals surface area contributed by atoms with Crippen LogP contribution >= 0.6 is 27.5 Å². The Kier molecular flexibility index (Phi) is 4.22. The molecule has 0 spiro atoms. The molecule has 2 aromatic rings. The van der Waals surface area contributed by atoms with Crippen LogP contribution in [0, 0.1) is 12.7 Å². The zero-order valence-corrected chi connectivity index (χ0v) is 12.3. The van der Waals surface area contributed by atoms with Gasteiger partial charge in [0.2, 0.25) is 0 Å². The van der Waals surface area contributed by atoms with Crippen LogP contribution in [0.1, 0.15) is 15.9 Å². The summed E-state index contributed by atoms with van der Waals surface area (Å²) in [6.45, 7) is 1.93. The topological polar surface area (TPSA) is 29.1 Å². The van der Waals surface area contributed by atoms with Crippen LogP contribution in [0.3, 0.4) is 0 Å². The van der Waals surface area contributed by atoms with Crippen molar-refractivity contribution in [1.82, 2.24) is 0 Å². The van der Waals surface area contributed by atoms with Crippen molar-refractivity contribution >= 4 is 39.1 Å². The van der Waals surface area contributed by atoms with E-state index in [2.05, 4.69) is 21.2 Å². The monoisotopic (exact) mass is 341 g/mol. The van der Waals surface area contributed by atoms with Gasteiger partial charge in [-0.25, -0.2) is 4.39 Å². The fourth-order valence-electron chi connectivity index (χ4n) is 1.52. The number of aryl methyl sites for hydroxylation is 1. The van der Waals surface area contributed by atoms with Gasteiger partial charge in [0.1, 0.15) is 5.82 Å². The molecule has 19 heavy (non-hydrogen) atoms. The molecule has 0 unspecified atom stereocenters. The molecule has 1 N–H and O–H groups in total. The number of hydrogen-bond acceptors (Lipinski definition) is 1. The minimum Gasteiger partial charge on any atom is -0.321 e. The normalized spacial score (nSPS) is 10.3. The van der Waals surface area contributed by atoms with E-state index in [1.165, 1.54) is 18.2 Å². The summed E-state index contributed by atoms with van der Waals surface area (Å²) in [6, 6.07) is 9.05. The van der Waals surface area contributed by atoms with Crippen LogP contribution in [0.5, 0.6) is 0 Å². The summed E-state index contributed by atoms with van der Waals surface area (Å²) in [6.07, 6.45) is 0. The number of amides is 1. The Morgan fingerprint density at radius 3 is 2.68 bits per heavy atom. The molecule has 2 nitrogen and oxygen atoms in total. The molecule has 0 aromatic heterocycles. The minimum absolute atomic E-state index is 0.253. The molecule has 0 aliphatic rings. The Morgan fingerprint density at radius 1 is 1.26 bits per heavy atom. The second-order valence-electron chi connectivity index (χ2n) is 4.04. The van der Waals surface area contributed by atoms with Gasteiger partial charge in [0.05, 0.1) is 10.7 Å². The Bertz CT molecular complexity index is 645. The van der Waals surface area contributed by atoms with Crippen molar-refractivity contribution in [2.45, 2.75) is 6.92 Å². The highest BCUT2D eigenvalue weighted by molar-refractivity contribution is 9.10. The van der Waals surface area contributed by atoms with Gasteiger partial charge in [-0.1, -0.05) is 33.6 Å². The standard InChI is InChI=1S/C14H10BrClFNO/c1-8-2-3-9(6-11(8)15)14(19)18-13-7-10(17)4-5-12(13)16/h2-7H,1H3,(H,18,19). The summed E-state index contributed by atoms with van der Waals surface area (Å²) < 4.78 is 13.9. The smallest absolute Gasteiger partial charge is 0.255 e. The lowest BCUT2D eigenvalue weighted by molar-refractivity contribution is 0.102. The molecule has 2 rings (SSSR count). The van der Waals surface area contributed by atoms with E-state index in [-0.39, 0.29) is 11.6 Å². The zero-order valence-electron chi connectivity index (χ0n) is 10.0. The molecule has 0 heterocycles. The van der Waals surface area contributed by atoms with Crippen LogP contribution < -0.4 is 5.32 Å². The first-order valence-electron chi connectivity index (χ1n) is 5.50. The van der Waals surface area contributed by atoms with E-state index in [0.717, 1.165) is 10.0 Å². The van der Waals surface area contributed by atoms with E-state index in [4.69, 9.17) is 11.6 Å². The summed E-state index contributed by atoms with van der Waals surface area (Å²) in [4.78, 5) is 12.0. The maximum absolute atomic E-state index is 13.1. The fourth-order valence-corrected chi connectivity index (χ4v) is 2.07. The van der Waals surface area contributed by atoms with Crippen molar-refractivity contribution in [3.05, 3.63) is 62.8 Å². The number of anilines is 1. The summed E-state index contributed by atoms with van der Waals surface area (Å²) in [7, 11) is 0. The van der Waals surface area contributed by atoms with Crippen LogP contribution in [0.25, 0.3) is 0 Å². The predicted molar refractivity (Wildman–Crippen MR) is 78.2 cm³/mol. The van der Waals surface area contributed by atoms with E-state index in [9.17, 15) is 9.18 Å². The highest BCUT2D eigenvalue weighted by atomic mass is 79.9. The first-order chi connectivity index (χ1) is 8.97. The number of rotatable bonds is 2. The third-order valence-corrected chi connectivity index (χ3v) is 3.79. The van der Waals surface area contributed by atoms with Crippen molar-refractivity contribution in [3.63, 3.8) is 0 Å². The minimum atomic E-state index is -0.454. The zero-order chi connectivity index (χ0) is 14.0. The van der Waals surface area contributed by atoms with E-state index >= 15 is 0 Å². The van der Waals surface area contributed by atoms with Gasteiger partial charge in [-0.3, -0.25) is 4.79 Å². The predicted octanol–water partition coefficient (Wildman–Crippen LogP) is 4.80. The van der Waals surface area contributed by atoms with Crippen LogP contribution in [0.4, 0.5) is 10.1 Å². The molecule has 0 aliphatic heterocycles. The van der Waals surface area contributed by atoms with Gasteiger partial charge in [0, 0.05) is 10.0 Å². The summed E-state index contributed by atoms with van der Waals surface area (Å²) in [5.41, 5.74) is 1.75. The Hall–Kier alpha value is -1.39. The van der Waals surface area contributed by atoms with E-state index in [1.54, 1.807) is 12.1 Å². The van der Waals surface area contributed by atoms with Crippen LogP contribution in [0.2, 0.25) is 5.02 Å². The number of halogens is 3. The van der Waals surface area contributed by atoms with Crippen LogP contribution in [-0.4, -0.2) is 5.91 Å². The average Bonchev–Trinajstić information content (AvgIpc) is 2.37.